The molecule has 2 rings (SSSR count). The molecule has 0 bridgehead atoms. The Balaban J connectivity index is 1.61. The Morgan fingerprint density at radius 1 is 1.28 bits per heavy atom. The molecule has 1 aliphatic rings. The van der Waals surface area contributed by atoms with Crippen LogP contribution in [0.4, 0.5) is 5.82 Å². The number of unbranched alkanes of at least 4 members (excludes halogenated alkanes) is 4. The lowest BCUT2D eigenvalue weighted by atomic mass is 10.0. The van der Waals surface area contributed by atoms with Crippen molar-refractivity contribution in [1.29, 1.82) is 0 Å². The number of carboxylic acids is 1. The maximum absolute atomic E-state index is 11.5. The average Bonchev–Trinajstić information content (AvgIpc) is 2.72. The highest BCUT2D eigenvalue weighted by molar-refractivity contribution is 5.73. The molecule has 2 heterocycles. The molecule has 5 heteroatoms. The lowest BCUT2D eigenvalue weighted by molar-refractivity contribution is -0.139. The number of rotatable bonds is 13. The standard InChI is InChI=1S/C24H35N3O2/c1-3-4-8-12-19(2)26-22(24(28)29)15-10-7-5-6-9-14-21-17-16-20-13-11-18-25-23(20)27-21/h3-4,8,12,16-17,22,26H,1,5-7,9-11,13-15,18H2,2H3,(H,25,27)(H,28,29)/b8-4-,19-12+/t22-/m0/s1. The summed E-state index contributed by atoms with van der Waals surface area (Å²) in [6.07, 6.45) is 16.6. The molecule has 0 saturated heterocycles. The molecule has 0 fully saturated rings. The monoisotopic (exact) mass is 397 g/mol. The van der Waals surface area contributed by atoms with Crippen molar-refractivity contribution in [2.75, 3.05) is 11.9 Å². The normalized spacial score (nSPS) is 14.9. The number of carboxylic acid groups (broad SMARTS) is 1. The number of carbonyl (C=O) groups is 1. The van der Waals surface area contributed by atoms with Crippen LogP contribution >= 0.6 is 0 Å². The number of hydrogen-bond donors (Lipinski definition) is 3. The molecule has 1 aromatic rings. The summed E-state index contributed by atoms with van der Waals surface area (Å²) in [5, 5.41) is 15.9. The van der Waals surface area contributed by atoms with E-state index in [-0.39, 0.29) is 0 Å². The van der Waals surface area contributed by atoms with Crippen molar-refractivity contribution in [1.82, 2.24) is 10.3 Å². The maximum atomic E-state index is 11.5. The highest BCUT2D eigenvalue weighted by atomic mass is 16.4. The fraction of sp³-hybridized carbons (Fsp3) is 0.500. The van der Waals surface area contributed by atoms with E-state index in [1.807, 2.05) is 25.2 Å². The van der Waals surface area contributed by atoms with Crippen molar-refractivity contribution in [3.63, 3.8) is 0 Å². The maximum Gasteiger partial charge on any atom is 0.326 e. The number of fused-ring (bicyclic) bond motifs is 1. The summed E-state index contributed by atoms with van der Waals surface area (Å²) >= 11 is 0. The highest BCUT2D eigenvalue weighted by Crippen LogP contribution is 2.20. The summed E-state index contributed by atoms with van der Waals surface area (Å²) in [5.74, 6) is 0.280. The summed E-state index contributed by atoms with van der Waals surface area (Å²) in [6.45, 7) is 6.52. The number of pyridine rings is 1. The summed E-state index contributed by atoms with van der Waals surface area (Å²) < 4.78 is 0. The first-order chi connectivity index (χ1) is 14.1. The molecule has 0 spiro atoms. The topological polar surface area (TPSA) is 74.2 Å². The molecule has 1 atom stereocenters. The number of nitrogens with one attached hydrogen (secondary N) is 2. The van der Waals surface area contributed by atoms with E-state index >= 15 is 0 Å². The summed E-state index contributed by atoms with van der Waals surface area (Å²) in [4.78, 5) is 16.2. The molecule has 29 heavy (non-hydrogen) atoms. The smallest absolute Gasteiger partial charge is 0.326 e. The van der Waals surface area contributed by atoms with Gasteiger partial charge in [-0.05, 0) is 56.7 Å². The Kier molecular flexibility index (Phi) is 10.0. The second-order valence-corrected chi connectivity index (χ2v) is 7.65. The number of aliphatic carboxylic acids is 1. The fourth-order valence-electron chi connectivity index (χ4n) is 3.55. The Labute approximate surface area is 175 Å². The van der Waals surface area contributed by atoms with Gasteiger partial charge in [-0.25, -0.2) is 9.78 Å². The van der Waals surface area contributed by atoms with Gasteiger partial charge in [-0.15, -0.1) is 0 Å². The van der Waals surface area contributed by atoms with Gasteiger partial charge in [0.1, 0.15) is 11.9 Å². The molecule has 1 aromatic heterocycles. The van der Waals surface area contributed by atoms with Crippen molar-refractivity contribution < 1.29 is 9.90 Å². The molecule has 0 saturated carbocycles. The number of aromatic nitrogens is 1. The zero-order chi connectivity index (χ0) is 20.9. The first-order valence-electron chi connectivity index (χ1n) is 10.8. The van der Waals surface area contributed by atoms with Gasteiger partial charge in [0.05, 0.1) is 0 Å². The van der Waals surface area contributed by atoms with Crippen LogP contribution in [0, 0.1) is 0 Å². The van der Waals surface area contributed by atoms with E-state index in [1.165, 1.54) is 17.7 Å². The van der Waals surface area contributed by atoms with Crippen LogP contribution in [0.3, 0.4) is 0 Å². The van der Waals surface area contributed by atoms with Crippen LogP contribution < -0.4 is 10.6 Å². The molecular weight excluding hydrogens is 362 g/mol. The number of nitrogens with zero attached hydrogens (tertiary/aromatic N) is 1. The highest BCUT2D eigenvalue weighted by Gasteiger charge is 2.16. The van der Waals surface area contributed by atoms with Crippen LogP contribution in [0.1, 0.15) is 63.1 Å². The van der Waals surface area contributed by atoms with Gasteiger partial charge in [-0.3, -0.25) is 0 Å². The largest absolute Gasteiger partial charge is 0.480 e. The van der Waals surface area contributed by atoms with E-state index in [2.05, 4.69) is 29.3 Å². The van der Waals surface area contributed by atoms with Gasteiger partial charge >= 0.3 is 5.97 Å². The van der Waals surface area contributed by atoms with Crippen LogP contribution in [0.5, 0.6) is 0 Å². The first kappa shape index (κ1) is 22.7. The Bertz CT molecular complexity index is 725. The van der Waals surface area contributed by atoms with Gasteiger partial charge in [-0.2, -0.15) is 0 Å². The van der Waals surface area contributed by atoms with Crippen LogP contribution in [0.25, 0.3) is 0 Å². The van der Waals surface area contributed by atoms with E-state index in [9.17, 15) is 9.90 Å². The Hall–Kier alpha value is -2.56. The van der Waals surface area contributed by atoms with Crippen LogP contribution in [-0.2, 0) is 17.6 Å². The fourth-order valence-corrected chi connectivity index (χ4v) is 3.55. The van der Waals surface area contributed by atoms with E-state index in [0.29, 0.717) is 6.42 Å². The summed E-state index contributed by atoms with van der Waals surface area (Å²) in [6, 6.07) is 3.84. The van der Waals surface area contributed by atoms with E-state index < -0.39 is 12.0 Å². The number of allylic oxidation sites excluding steroid dienone is 5. The van der Waals surface area contributed by atoms with Crippen LogP contribution in [-0.4, -0.2) is 28.6 Å². The molecule has 1 aliphatic heterocycles. The van der Waals surface area contributed by atoms with Crippen LogP contribution in [0.2, 0.25) is 0 Å². The minimum atomic E-state index is -0.794. The molecule has 3 N–H and O–H groups in total. The molecule has 158 valence electrons. The third-order valence-electron chi connectivity index (χ3n) is 5.17. The van der Waals surface area contributed by atoms with Gasteiger partial charge in [0.2, 0.25) is 0 Å². The molecule has 0 aliphatic carbocycles. The molecule has 0 amide bonds. The summed E-state index contributed by atoms with van der Waals surface area (Å²) in [5.41, 5.74) is 3.35. The zero-order valence-electron chi connectivity index (χ0n) is 17.6. The lowest BCUT2D eigenvalue weighted by Gasteiger charge is -2.17. The van der Waals surface area contributed by atoms with Crippen molar-refractivity contribution in [3.05, 3.63) is 60.0 Å². The van der Waals surface area contributed by atoms with Crippen molar-refractivity contribution in [3.8, 4) is 0 Å². The van der Waals surface area contributed by atoms with E-state index in [0.717, 1.165) is 63.0 Å². The molecule has 0 aromatic carbocycles. The molecule has 0 unspecified atom stereocenters. The SMILES string of the molecule is C=C/C=C\C=C(/C)N[C@@H](CCCCCCCc1ccc2c(n1)NCCC2)C(=O)O. The van der Waals surface area contributed by atoms with Gasteiger partial charge in [-0.1, -0.05) is 56.6 Å². The minimum absolute atomic E-state index is 0.532. The average molecular weight is 398 g/mol. The molecule has 5 nitrogen and oxygen atoms in total. The van der Waals surface area contributed by atoms with E-state index in [4.69, 9.17) is 4.98 Å². The lowest BCUT2D eigenvalue weighted by Crippen LogP contribution is -2.35. The third-order valence-corrected chi connectivity index (χ3v) is 5.17. The van der Waals surface area contributed by atoms with Gasteiger partial charge in [0, 0.05) is 17.9 Å². The quantitative estimate of drug-likeness (QED) is 0.322. The Morgan fingerprint density at radius 3 is 2.86 bits per heavy atom. The second-order valence-electron chi connectivity index (χ2n) is 7.65. The second kappa shape index (κ2) is 12.8. The predicted octanol–water partition coefficient (Wildman–Crippen LogP) is 5.01. The zero-order valence-corrected chi connectivity index (χ0v) is 17.6. The molecule has 0 radical (unpaired) electrons. The Morgan fingerprint density at radius 2 is 2.07 bits per heavy atom. The number of anilines is 1. The van der Waals surface area contributed by atoms with Gasteiger partial charge < -0.3 is 15.7 Å². The van der Waals surface area contributed by atoms with Crippen molar-refractivity contribution >= 4 is 11.8 Å². The third kappa shape index (κ3) is 8.55. The van der Waals surface area contributed by atoms with Crippen LogP contribution in [0.15, 0.2) is 48.7 Å². The number of aryl methyl sites for hydroxylation is 2. The minimum Gasteiger partial charge on any atom is -0.480 e. The predicted molar refractivity (Wildman–Crippen MR) is 120 cm³/mol. The summed E-state index contributed by atoms with van der Waals surface area (Å²) in [7, 11) is 0. The number of hydrogen-bond acceptors (Lipinski definition) is 4. The molecular formula is C24H35N3O2. The van der Waals surface area contributed by atoms with Gasteiger partial charge in [0.25, 0.3) is 0 Å². The van der Waals surface area contributed by atoms with Crippen molar-refractivity contribution in [2.45, 2.75) is 70.8 Å². The first-order valence-corrected chi connectivity index (χ1v) is 10.8. The van der Waals surface area contributed by atoms with Crippen molar-refractivity contribution in [2.24, 2.45) is 0 Å². The van der Waals surface area contributed by atoms with E-state index in [1.54, 1.807) is 6.08 Å². The van der Waals surface area contributed by atoms with Gasteiger partial charge in [0.15, 0.2) is 0 Å².